The molecule has 0 aliphatic rings. The fraction of sp³-hybridized carbons (Fsp3) is 0.308. The van der Waals surface area contributed by atoms with E-state index in [0.717, 1.165) is 11.0 Å². The maximum absolute atomic E-state index is 11.9. The molecule has 94 valence electrons. The van der Waals surface area contributed by atoms with Crippen molar-refractivity contribution in [1.29, 1.82) is 0 Å². The Morgan fingerprint density at radius 1 is 1.33 bits per heavy atom. The van der Waals surface area contributed by atoms with Crippen LogP contribution in [-0.2, 0) is 0 Å². The van der Waals surface area contributed by atoms with E-state index in [-0.39, 0.29) is 11.9 Å². The van der Waals surface area contributed by atoms with Gasteiger partial charge < -0.3 is 10.6 Å². The topological polar surface area (TPSA) is 66.9 Å². The molecule has 0 aliphatic carbocycles. The number of hydrogen-bond acceptors (Lipinski definition) is 4. The zero-order valence-corrected chi connectivity index (χ0v) is 10.5. The quantitative estimate of drug-likeness (QED) is 0.841. The van der Waals surface area contributed by atoms with Gasteiger partial charge in [-0.3, -0.25) is 9.78 Å². The molecule has 0 radical (unpaired) electrons. The van der Waals surface area contributed by atoms with Crippen molar-refractivity contribution in [3.05, 3.63) is 36.2 Å². The van der Waals surface area contributed by atoms with Crippen LogP contribution in [0.4, 0.5) is 0 Å². The van der Waals surface area contributed by atoms with Gasteiger partial charge in [0.1, 0.15) is 5.69 Å². The van der Waals surface area contributed by atoms with Crippen molar-refractivity contribution >= 4 is 16.9 Å². The summed E-state index contributed by atoms with van der Waals surface area (Å²) in [5.41, 5.74) is 1.86. The van der Waals surface area contributed by atoms with Crippen LogP contribution in [0.25, 0.3) is 11.0 Å². The van der Waals surface area contributed by atoms with E-state index >= 15 is 0 Å². The predicted molar refractivity (Wildman–Crippen MR) is 70.4 cm³/mol. The molecule has 0 fully saturated rings. The molecule has 1 amide bonds. The van der Waals surface area contributed by atoms with Crippen molar-refractivity contribution in [3.8, 4) is 0 Å². The predicted octanol–water partition coefficient (Wildman–Crippen LogP) is 0.967. The summed E-state index contributed by atoms with van der Waals surface area (Å²) in [7, 11) is 1.85. The molecule has 2 rings (SSSR count). The maximum atomic E-state index is 11.9. The lowest BCUT2D eigenvalue weighted by Crippen LogP contribution is -2.37. The Labute approximate surface area is 106 Å². The number of benzene rings is 1. The number of nitrogens with one attached hydrogen (secondary N) is 2. The van der Waals surface area contributed by atoms with Gasteiger partial charge in [0.05, 0.1) is 17.2 Å². The molecule has 1 heterocycles. The highest BCUT2D eigenvalue weighted by molar-refractivity contribution is 5.93. The van der Waals surface area contributed by atoms with Crippen molar-refractivity contribution < 1.29 is 4.79 Å². The summed E-state index contributed by atoms with van der Waals surface area (Å²) in [6.07, 6.45) is 1.50. The minimum Gasteiger partial charge on any atom is -0.349 e. The van der Waals surface area contributed by atoms with Crippen LogP contribution >= 0.6 is 0 Å². The number of carbonyl (C=O) groups is 1. The Balaban J connectivity index is 2.13. The van der Waals surface area contributed by atoms with E-state index < -0.39 is 0 Å². The molecule has 0 spiro atoms. The van der Waals surface area contributed by atoms with Crippen LogP contribution in [0.15, 0.2) is 30.5 Å². The Morgan fingerprint density at radius 3 is 2.78 bits per heavy atom. The van der Waals surface area contributed by atoms with Crippen molar-refractivity contribution in [1.82, 2.24) is 20.6 Å². The van der Waals surface area contributed by atoms with Gasteiger partial charge in [-0.25, -0.2) is 4.98 Å². The number of nitrogens with zero attached hydrogens (tertiary/aromatic N) is 2. The number of likely N-dealkylation sites (N-methyl/N-ethyl adjacent to an activating group) is 1. The van der Waals surface area contributed by atoms with Gasteiger partial charge in [-0.1, -0.05) is 12.1 Å². The second kappa shape index (κ2) is 5.55. The van der Waals surface area contributed by atoms with E-state index in [1.807, 2.05) is 38.2 Å². The SMILES string of the molecule is CNC(C)CNC(=O)c1cnc2ccccc2n1. The molecule has 5 heteroatoms. The number of carbonyl (C=O) groups excluding carboxylic acids is 1. The van der Waals surface area contributed by atoms with Gasteiger partial charge in [-0.2, -0.15) is 0 Å². The largest absolute Gasteiger partial charge is 0.349 e. The van der Waals surface area contributed by atoms with Gasteiger partial charge >= 0.3 is 0 Å². The lowest BCUT2D eigenvalue weighted by molar-refractivity contribution is 0.0945. The number of fused-ring (bicyclic) bond motifs is 1. The van der Waals surface area contributed by atoms with Crippen LogP contribution < -0.4 is 10.6 Å². The molecule has 5 nitrogen and oxygen atoms in total. The van der Waals surface area contributed by atoms with Crippen LogP contribution in [0.5, 0.6) is 0 Å². The highest BCUT2D eigenvalue weighted by Gasteiger charge is 2.09. The second-order valence-electron chi connectivity index (χ2n) is 4.14. The average Bonchev–Trinajstić information content (AvgIpc) is 2.43. The summed E-state index contributed by atoms with van der Waals surface area (Å²) in [5.74, 6) is -0.199. The summed E-state index contributed by atoms with van der Waals surface area (Å²) in [4.78, 5) is 20.4. The van der Waals surface area contributed by atoms with Gasteiger partial charge in [0.2, 0.25) is 0 Å². The molecule has 0 bridgehead atoms. The minimum absolute atomic E-state index is 0.199. The first-order valence-electron chi connectivity index (χ1n) is 5.88. The van der Waals surface area contributed by atoms with Gasteiger partial charge in [0.15, 0.2) is 0 Å². The fourth-order valence-corrected chi connectivity index (χ4v) is 1.51. The molecular weight excluding hydrogens is 228 g/mol. The standard InChI is InChI=1S/C13H16N4O/c1-9(14-2)7-16-13(18)12-8-15-10-5-3-4-6-11(10)17-12/h3-6,8-9,14H,7H2,1-2H3,(H,16,18). The maximum Gasteiger partial charge on any atom is 0.271 e. The minimum atomic E-state index is -0.199. The first-order chi connectivity index (χ1) is 8.70. The van der Waals surface area contributed by atoms with Crippen LogP contribution in [-0.4, -0.2) is 35.5 Å². The zero-order valence-electron chi connectivity index (χ0n) is 10.5. The Morgan fingerprint density at radius 2 is 2.06 bits per heavy atom. The normalized spacial score (nSPS) is 12.3. The molecule has 2 aromatic rings. The lowest BCUT2D eigenvalue weighted by Gasteiger charge is -2.10. The van der Waals surface area contributed by atoms with Crippen molar-refractivity contribution in [2.75, 3.05) is 13.6 Å². The van der Waals surface area contributed by atoms with E-state index in [1.54, 1.807) is 0 Å². The van der Waals surface area contributed by atoms with Gasteiger partial charge in [-0.15, -0.1) is 0 Å². The van der Waals surface area contributed by atoms with Gasteiger partial charge in [-0.05, 0) is 26.1 Å². The molecule has 1 aromatic carbocycles. The number of rotatable bonds is 4. The summed E-state index contributed by atoms with van der Waals surface area (Å²) in [5, 5.41) is 5.86. The van der Waals surface area contributed by atoms with Crippen LogP contribution in [0.2, 0.25) is 0 Å². The highest BCUT2D eigenvalue weighted by Crippen LogP contribution is 2.08. The molecule has 18 heavy (non-hydrogen) atoms. The summed E-state index contributed by atoms with van der Waals surface area (Å²) in [6.45, 7) is 2.55. The Hall–Kier alpha value is -2.01. The van der Waals surface area contributed by atoms with Crippen LogP contribution in [0.1, 0.15) is 17.4 Å². The van der Waals surface area contributed by atoms with Crippen molar-refractivity contribution in [2.45, 2.75) is 13.0 Å². The summed E-state index contributed by atoms with van der Waals surface area (Å²) < 4.78 is 0. The average molecular weight is 244 g/mol. The number of aromatic nitrogens is 2. The van der Waals surface area contributed by atoms with Gasteiger partial charge in [0.25, 0.3) is 5.91 Å². The number of hydrogen-bond donors (Lipinski definition) is 2. The van der Waals surface area contributed by atoms with Crippen LogP contribution in [0.3, 0.4) is 0 Å². The Bertz CT molecular complexity index is 555. The van der Waals surface area contributed by atoms with Gasteiger partial charge in [0, 0.05) is 12.6 Å². The second-order valence-corrected chi connectivity index (χ2v) is 4.14. The third kappa shape index (κ3) is 2.81. The molecule has 0 saturated carbocycles. The number of amides is 1. The molecule has 1 unspecified atom stereocenters. The third-order valence-corrected chi connectivity index (χ3v) is 2.74. The molecule has 1 atom stereocenters. The van der Waals surface area contributed by atoms with Crippen molar-refractivity contribution in [2.24, 2.45) is 0 Å². The lowest BCUT2D eigenvalue weighted by atomic mass is 10.3. The summed E-state index contributed by atoms with van der Waals surface area (Å²) in [6, 6.07) is 7.71. The zero-order chi connectivity index (χ0) is 13.0. The monoisotopic (exact) mass is 244 g/mol. The molecule has 0 saturated heterocycles. The van der Waals surface area contributed by atoms with Crippen molar-refractivity contribution in [3.63, 3.8) is 0 Å². The van der Waals surface area contributed by atoms with Crippen LogP contribution in [0, 0.1) is 0 Å². The van der Waals surface area contributed by atoms with E-state index in [2.05, 4.69) is 20.6 Å². The first-order valence-corrected chi connectivity index (χ1v) is 5.88. The highest BCUT2D eigenvalue weighted by atomic mass is 16.1. The van der Waals surface area contributed by atoms with E-state index in [4.69, 9.17) is 0 Å². The Kier molecular flexibility index (Phi) is 3.84. The van der Waals surface area contributed by atoms with E-state index in [0.29, 0.717) is 12.2 Å². The molecule has 1 aromatic heterocycles. The first kappa shape index (κ1) is 12.4. The number of para-hydroxylation sites is 2. The smallest absolute Gasteiger partial charge is 0.271 e. The summed E-state index contributed by atoms with van der Waals surface area (Å²) >= 11 is 0. The molecule has 0 aliphatic heterocycles. The van der Waals surface area contributed by atoms with E-state index in [9.17, 15) is 4.79 Å². The molecule has 2 N–H and O–H groups in total. The molecular formula is C13H16N4O. The van der Waals surface area contributed by atoms with E-state index in [1.165, 1.54) is 6.20 Å². The fourth-order valence-electron chi connectivity index (χ4n) is 1.51. The third-order valence-electron chi connectivity index (χ3n) is 2.74.